The Bertz CT molecular complexity index is 827. The molecular weight excluding hydrogens is 384 g/mol. The van der Waals surface area contributed by atoms with E-state index in [1.807, 2.05) is 52.0 Å². The first-order chi connectivity index (χ1) is 14.9. The van der Waals surface area contributed by atoms with Crippen molar-refractivity contribution in [3.63, 3.8) is 0 Å². The molecule has 0 aliphatic rings. The van der Waals surface area contributed by atoms with Gasteiger partial charge in [0.05, 0.1) is 0 Å². The van der Waals surface area contributed by atoms with Crippen molar-refractivity contribution < 1.29 is 9.59 Å². The van der Waals surface area contributed by atoms with Gasteiger partial charge in [0.25, 0.3) is 0 Å². The molecule has 31 heavy (non-hydrogen) atoms. The highest BCUT2D eigenvalue weighted by molar-refractivity contribution is 5.87. The van der Waals surface area contributed by atoms with Gasteiger partial charge in [-0.25, -0.2) is 0 Å². The Morgan fingerprint density at radius 3 is 2.00 bits per heavy atom. The summed E-state index contributed by atoms with van der Waals surface area (Å²) >= 11 is 0. The first kappa shape index (κ1) is 24.6. The maximum atomic E-state index is 13.3. The van der Waals surface area contributed by atoms with Gasteiger partial charge in [-0.3, -0.25) is 9.59 Å². The highest BCUT2D eigenvalue weighted by atomic mass is 16.2. The molecule has 0 aliphatic carbocycles. The van der Waals surface area contributed by atoms with E-state index in [9.17, 15) is 9.59 Å². The molecule has 2 rings (SSSR count). The van der Waals surface area contributed by atoms with Gasteiger partial charge in [-0.15, -0.1) is 0 Å². The second kappa shape index (κ2) is 12.3. The quantitative estimate of drug-likeness (QED) is 0.540. The van der Waals surface area contributed by atoms with Gasteiger partial charge >= 0.3 is 0 Å². The number of amides is 2. The third-order valence-corrected chi connectivity index (χ3v) is 5.92. The molecule has 4 heteroatoms. The lowest BCUT2D eigenvalue weighted by Crippen LogP contribution is -2.50. The number of carbonyl (C=O) groups excluding carboxylic acids is 2. The Hall–Kier alpha value is -2.62. The molecule has 0 saturated carbocycles. The molecule has 0 aromatic heterocycles. The zero-order valence-electron chi connectivity index (χ0n) is 19.8. The summed E-state index contributed by atoms with van der Waals surface area (Å²) in [5.41, 5.74) is 4.67. The van der Waals surface area contributed by atoms with Gasteiger partial charge in [0, 0.05) is 19.0 Å². The molecule has 2 aromatic rings. The maximum Gasteiger partial charge on any atom is 0.243 e. The van der Waals surface area contributed by atoms with Crippen LogP contribution in [0.2, 0.25) is 0 Å². The minimum absolute atomic E-state index is 0.0197. The molecule has 0 fully saturated rings. The molecule has 2 atom stereocenters. The van der Waals surface area contributed by atoms with E-state index < -0.39 is 6.04 Å². The van der Waals surface area contributed by atoms with Crippen molar-refractivity contribution in [1.82, 2.24) is 10.2 Å². The summed E-state index contributed by atoms with van der Waals surface area (Å²) < 4.78 is 0. The van der Waals surface area contributed by atoms with Crippen LogP contribution < -0.4 is 5.32 Å². The Labute approximate surface area is 188 Å². The monoisotopic (exact) mass is 422 g/mol. The van der Waals surface area contributed by atoms with Gasteiger partial charge in [-0.1, -0.05) is 74.9 Å². The largest absolute Gasteiger partial charge is 0.352 e. The van der Waals surface area contributed by atoms with E-state index in [0.717, 1.165) is 24.0 Å². The Balaban J connectivity index is 2.18. The second-order valence-electron chi connectivity index (χ2n) is 8.42. The molecule has 168 valence electrons. The lowest BCUT2D eigenvalue weighted by atomic mass is 10.0. The molecule has 2 aromatic carbocycles. The van der Waals surface area contributed by atoms with Crippen LogP contribution >= 0.6 is 0 Å². The maximum absolute atomic E-state index is 13.3. The lowest BCUT2D eigenvalue weighted by Gasteiger charge is -2.31. The van der Waals surface area contributed by atoms with Crippen LogP contribution in [0.1, 0.15) is 69.2 Å². The van der Waals surface area contributed by atoms with E-state index in [4.69, 9.17) is 0 Å². The third-order valence-electron chi connectivity index (χ3n) is 5.92. The number of nitrogens with one attached hydrogen (secondary N) is 1. The van der Waals surface area contributed by atoms with Crippen molar-refractivity contribution in [2.45, 2.75) is 85.4 Å². The highest BCUT2D eigenvalue weighted by Gasteiger charge is 2.28. The average Bonchev–Trinajstić information content (AvgIpc) is 2.78. The summed E-state index contributed by atoms with van der Waals surface area (Å²) in [6.07, 6.45) is 3.53. The van der Waals surface area contributed by atoms with Crippen molar-refractivity contribution in [1.29, 1.82) is 0 Å². The zero-order valence-corrected chi connectivity index (χ0v) is 19.8. The van der Waals surface area contributed by atoms with Crippen molar-refractivity contribution in [3.05, 3.63) is 70.8 Å². The number of aryl methyl sites for hydroxylation is 3. The minimum Gasteiger partial charge on any atom is -0.352 e. The number of hydrogen-bond acceptors (Lipinski definition) is 2. The number of benzene rings is 2. The fraction of sp³-hybridized carbons (Fsp3) is 0.481. The standard InChI is InChI=1S/C27H38N2O2/c1-6-21(5)28-27(31)25(8-3)29(19-24-11-9-20(4)10-12-24)26(30)18-17-23-15-13-22(7-2)14-16-23/h9-16,21,25H,6-8,17-19H2,1-5H3,(H,28,31)/t21-,25+/m1/s1. The van der Waals surface area contributed by atoms with Crippen LogP contribution in [-0.2, 0) is 29.0 Å². The van der Waals surface area contributed by atoms with Gasteiger partial charge in [0.1, 0.15) is 6.04 Å². The van der Waals surface area contributed by atoms with Crippen molar-refractivity contribution in [2.24, 2.45) is 0 Å². The molecule has 0 unspecified atom stereocenters. The molecular formula is C27H38N2O2. The molecule has 0 radical (unpaired) electrons. The van der Waals surface area contributed by atoms with E-state index >= 15 is 0 Å². The van der Waals surface area contributed by atoms with Crippen LogP contribution in [0.5, 0.6) is 0 Å². The van der Waals surface area contributed by atoms with Crippen LogP contribution in [0.3, 0.4) is 0 Å². The molecule has 0 heterocycles. The highest BCUT2D eigenvalue weighted by Crippen LogP contribution is 2.16. The van der Waals surface area contributed by atoms with E-state index in [-0.39, 0.29) is 17.9 Å². The summed E-state index contributed by atoms with van der Waals surface area (Å²) in [7, 11) is 0. The molecule has 0 bridgehead atoms. The first-order valence-electron chi connectivity index (χ1n) is 11.6. The SMILES string of the molecule is CCc1ccc(CCC(=O)N(Cc2ccc(C)cc2)[C@@H](CC)C(=O)N[C@H](C)CC)cc1. The summed E-state index contributed by atoms with van der Waals surface area (Å²) in [5.74, 6) is -0.0455. The van der Waals surface area contributed by atoms with Gasteiger partial charge < -0.3 is 10.2 Å². The fourth-order valence-corrected chi connectivity index (χ4v) is 3.59. The molecule has 4 nitrogen and oxygen atoms in total. The van der Waals surface area contributed by atoms with Crippen LogP contribution in [0.15, 0.2) is 48.5 Å². The molecule has 0 aliphatic heterocycles. The normalized spacial score (nSPS) is 12.8. The molecule has 2 amide bonds. The van der Waals surface area contributed by atoms with E-state index in [1.54, 1.807) is 4.90 Å². The van der Waals surface area contributed by atoms with Crippen molar-refractivity contribution in [3.8, 4) is 0 Å². The second-order valence-corrected chi connectivity index (χ2v) is 8.42. The van der Waals surface area contributed by atoms with E-state index in [2.05, 4.69) is 36.5 Å². The average molecular weight is 423 g/mol. The molecule has 0 spiro atoms. The predicted molar refractivity (Wildman–Crippen MR) is 128 cm³/mol. The summed E-state index contributed by atoms with van der Waals surface area (Å²) in [4.78, 5) is 28.1. The zero-order chi connectivity index (χ0) is 22.8. The smallest absolute Gasteiger partial charge is 0.243 e. The third kappa shape index (κ3) is 7.54. The van der Waals surface area contributed by atoms with Crippen LogP contribution in [0.25, 0.3) is 0 Å². The van der Waals surface area contributed by atoms with Gasteiger partial charge in [-0.05, 0) is 56.2 Å². The van der Waals surface area contributed by atoms with Gasteiger partial charge in [0.2, 0.25) is 11.8 Å². The topological polar surface area (TPSA) is 49.4 Å². The predicted octanol–water partition coefficient (Wildman–Crippen LogP) is 5.21. The van der Waals surface area contributed by atoms with Gasteiger partial charge in [0.15, 0.2) is 0 Å². The number of carbonyl (C=O) groups is 2. The summed E-state index contributed by atoms with van der Waals surface area (Å²) in [6, 6.07) is 16.3. The summed E-state index contributed by atoms with van der Waals surface area (Å²) in [6.45, 7) is 10.6. The number of nitrogens with zero attached hydrogens (tertiary/aromatic N) is 1. The van der Waals surface area contributed by atoms with E-state index in [0.29, 0.717) is 25.8 Å². The number of hydrogen-bond donors (Lipinski definition) is 1. The molecule has 0 saturated heterocycles. The fourth-order valence-electron chi connectivity index (χ4n) is 3.59. The van der Waals surface area contributed by atoms with Crippen LogP contribution in [-0.4, -0.2) is 28.8 Å². The number of rotatable bonds is 11. The Morgan fingerprint density at radius 2 is 1.45 bits per heavy atom. The Kier molecular flexibility index (Phi) is 9.77. The van der Waals surface area contributed by atoms with Crippen LogP contribution in [0, 0.1) is 6.92 Å². The minimum atomic E-state index is -0.467. The summed E-state index contributed by atoms with van der Waals surface area (Å²) in [5, 5.41) is 3.06. The van der Waals surface area contributed by atoms with Crippen molar-refractivity contribution in [2.75, 3.05) is 0 Å². The van der Waals surface area contributed by atoms with Crippen LogP contribution in [0.4, 0.5) is 0 Å². The molecule has 1 N–H and O–H groups in total. The van der Waals surface area contributed by atoms with E-state index in [1.165, 1.54) is 11.1 Å². The van der Waals surface area contributed by atoms with Gasteiger partial charge in [-0.2, -0.15) is 0 Å². The van der Waals surface area contributed by atoms with Crippen molar-refractivity contribution >= 4 is 11.8 Å². The first-order valence-corrected chi connectivity index (χ1v) is 11.6. The lowest BCUT2D eigenvalue weighted by molar-refractivity contribution is -0.141. The Morgan fingerprint density at radius 1 is 0.871 bits per heavy atom.